The first-order valence-electron chi connectivity index (χ1n) is 15.1. The van der Waals surface area contributed by atoms with E-state index in [0.717, 1.165) is 29.6 Å². The lowest BCUT2D eigenvalue weighted by Gasteiger charge is -2.45. The zero-order chi connectivity index (χ0) is 33.0. The van der Waals surface area contributed by atoms with Crippen LogP contribution in [0.2, 0.25) is 5.04 Å². The molecule has 1 saturated heterocycles. The number of ether oxygens (including phenoxy) is 3. The third-order valence-electron chi connectivity index (χ3n) is 8.65. The quantitative estimate of drug-likeness (QED) is 0.180. The highest BCUT2D eigenvalue weighted by molar-refractivity contribution is 6.99. The number of cyclic esters (lactones) is 1. The van der Waals surface area contributed by atoms with Crippen LogP contribution in [0.1, 0.15) is 53.0 Å². The molecule has 0 saturated carbocycles. The molecule has 3 aromatic carbocycles. The van der Waals surface area contributed by atoms with Gasteiger partial charge in [-0.1, -0.05) is 119 Å². The fourth-order valence-corrected chi connectivity index (χ4v) is 11.1. The van der Waals surface area contributed by atoms with Gasteiger partial charge in [-0.25, -0.2) is 4.79 Å². The van der Waals surface area contributed by atoms with Crippen LogP contribution in [0.15, 0.2) is 91.0 Å². The van der Waals surface area contributed by atoms with Gasteiger partial charge in [0.05, 0.1) is 12.0 Å². The molecule has 0 bridgehead atoms. The molecule has 0 spiro atoms. The number of rotatable bonds is 11. The van der Waals surface area contributed by atoms with Crippen molar-refractivity contribution in [2.75, 3.05) is 7.11 Å². The standard InChI is InChI=1S/C35H41F3O6Si/c1-7-29(44-45(33(3,4)5,26-19-13-9-14-20-26)27-21-15-10-16-22-27)30-23-28(31(39)43-30)24(2)42-32(40)34(41-6,35(36,37)38)25-17-11-8-12-18-25/h8-22,24,28-30H,7,23H2,1-6H3/t24-,28+,29+,30+,34-/m1/s1. The van der Waals surface area contributed by atoms with Crippen molar-refractivity contribution in [3.63, 3.8) is 0 Å². The summed E-state index contributed by atoms with van der Waals surface area (Å²) >= 11 is 0. The van der Waals surface area contributed by atoms with Crippen LogP contribution < -0.4 is 10.4 Å². The van der Waals surface area contributed by atoms with E-state index in [4.69, 9.17) is 18.6 Å². The number of methoxy groups -OCH3 is 1. The van der Waals surface area contributed by atoms with E-state index in [2.05, 4.69) is 45.0 Å². The van der Waals surface area contributed by atoms with Gasteiger partial charge in [0, 0.05) is 19.1 Å². The Labute approximate surface area is 264 Å². The van der Waals surface area contributed by atoms with Crippen molar-refractivity contribution in [3.8, 4) is 0 Å². The van der Waals surface area contributed by atoms with E-state index in [1.165, 1.54) is 25.1 Å². The SMILES string of the molecule is CC[C@H](O[Si](c1ccccc1)(c1ccccc1)C(C)(C)C)[C@@H]1C[C@@H]([C@@H](C)OC(=O)[C@](OC)(c2ccccc2)C(F)(F)F)C(=O)O1. The Kier molecular flexibility index (Phi) is 10.3. The predicted octanol–water partition coefficient (Wildman–Crippen LogP) is 6.31. The Morgan fingerprint density at radius 2 is 1.40 bits per heavy atom. The molecule has 0 N–H and O–H groups in total. The topological polar surface area (TPSA) is 71.1 Å². The molecular formula is C35H41F3O6Si. The summed E-state index contributed by atoms with van der Waals surface area (Å²) in [6, 6.07) is 26.7. The molecule has 0 unspecified atom stereocenters. The van der Waals surface area contributed by atoms with Crippen LogP contribution in [0.5, 0.6) is 0 Å². The summed E-state index contributed by atoms with van der Waals surface area (Å²) in [6.07, 6.45) is -6.94. The molecule has 45 heavy (non-hydrogen) atoms. The van der Waals surface area contributed by atoms with Crippen LogP contribution in [-0.4, -0.2) is 51.9 Å². The predicted molar refractivity (Wildman–Crippen MR) is 168 cm³/mol. The van der Waals surface area contributed by atoms with Crippen molar-refractivity contribution >= 4 is 30.6 Å². The largest absolute Gasteiger partial charge is 0.459 e. The van der Waals surface area contributed by atoms with E-state index in [1.54, 1.807) is 0 Å². The number of esters is 2. The van der Waals surface area contributed by atoms with Crippen molar-refractivity contribution < 1.29 is 41.4 Å². The second-order valence-electron chi connectivity index (χ2n) is 12.4. The van der Waals surface area contributed by atoms with Crippen LogP contribution in [0, 0.1) is 5.92 Å². The van der Waals surface area contributed by atoms with E-state index >= 15 is 0 Å². The Balaban J connectivity index is 1.62. The Morgan fingerprint density at radius 1 is 0.911 bits per heavy atom. The Bertz CT molecular complexity index is 1390. The molecule has 4 rings (SSSR count). The molecule has 10 heteroatoms. The molecule has 0 aliphatic carbocycles. The third-order valence-corrected chi connectivity index (χ3v) is 13.7. The van der Waals surface area contributed by atoms with Crippen LogP contribution in [0.4, 0.5) is 13.2 Å². The normalized spacial score (nSPS) is 20.2. The molecule has 3 aromatic rings. The number of benzene rings is 3. The zero-order valence-corrected chi connectivity index (χ0v) is 27.5. The molecule has 5 atom stereocenters. The number of alkyl halides is 3. The first kappa shape index (κ1) is 34.4. The van der Waals surface area contributed by atoms with Gasteiger partial charge in [-0.15, -0.1) is 0 Å². The highest BCUT2D eigenvalue weighted by Gasteiger charge is 2.64. The zero-order valence-electron chi connectivity index (χ0n) is 26.5. The Morgan fingerprint density at radius 3 is 1.82 bits per heavy atom. The maximum absolute atomic E-state index is 14.4. The summed E-state index contributed by atoms with van der Waals surface area (Å²) in [4.78, 5) is 26.5. The average Bonchev–Trinajstić information content (AvgIpc) is 3.40. The van der Waals surface area contributed by atoms with Gasteiger partial charge in [0.1, 0.15) is 12.2 Å². The fraction of sp³-hybridized carbons (Fsp3) is 0.429. The minimum atomic E-state index is -5.13. The van der Waals surface area contributed by atoms with Crippen molar-refractivity contribution in [2.24, 2.45) is 5.92 Å². The van der Waals surface area contributed by atoms with Crippen molar-refractivity contribution in [1.29, 1.82) is 0 Å². The highest BCUT2D eigenvalue weighted by Crippen LogP contribution is 2.44. The number of halogens is 3. The third kappa shape index (κ3) is 6.46. The number of carbonyl (C=O) groups is 2. The maximum atomic E-state index is 14.4. The van der Waals surface area contributed by atoms with Crippen LogP contribution >= 0.6 is 0 Å². The van der Waals surface area contributed by atoms with Gasteiger partial charge >= 0.3 is 18.1 Å². The summed E-state index contributed by atoms with van der Waals surface area (Å²) in [6.45, 7) is 9.78. The fourth-order valence-electron chi connectivity index (χ4n) is 6.30. The van der Waals surface area contributed by atoms with E-state index in [0.29, 0.717) is 6.42 Å². The van der Waals surface area contributed by atoms with E-state index in [1.807, 2.05) is 43.3 Å². The molecular weight excluding hydrogens is 601 g/mol. The minimum Gasteiger partial charge on any atom is -0.459 e. The molecule has 1 heterocycles. The smallest absolute Gasteiger partial charge is 0.432 e. The van der Waals surface area contributed by atoms with E-state index < -0.39 is 61.8 Å². The highest BCUT2D eigenvalue weighted by atomic mass is 28.4. The number of hydrogen-bond acceptors (Lipinski definition) is 6. The molecule has 1 aliphatic heterocycles. The lowest BCUT2D eigenvalue weighted by molar-refractivity contribution is -0.278. The molecule has 0 radical (unpaired) electrons. The van der Waals surface area contributed by atoms with Gasteiger partial charge < -0.3 is 18.6 Å². The van der Waals surface area contributed by atoms with Crippen molar-refractivity contribution in [2.45, 2.75) is 82.6 Å². The summed E-state index contributed by atoms with van der Waals surface area (Å²) in [5, 5.41) is 1.80. The summed E-state index contributed by atoms with van der Waals surface area (Å²) < 4.78 is 66.6. The van der Waals surface area contributed by atoms with Crippen LogP contribution in [-0.2, 0) is 33.8 Å². The lowest BCUT2D eigenvalue weighted by atomic mass is 9.92. The maximum Gasteiger partial charge on any atom is 0.432 e. The summed E-state index contributed by atoms with van der Waals surface area (Å²) in [5.41, 5.74) is -3.78. The van der Waals surface area contributed by atoms with E-state index in [-0.39, 0.29) is 11.5 Å². The monoisotopic (exact) mass is 642 g/mol. The van der Waals surface area contributed by atoms with Gasteiger partial charge in [-0.05, 0) is 28.8 Å². The van der Waals surface area contributed by atoms with Gasteiger partial charge in [-0.3, -0.25) is 4.79 Å². The van der Waals surface area contributed by atoms with Gasteiger partial charge in [0.25, 0.3) is 13.9 Å². The van der Waals surface area contributed by atoms with Crippen molar-refractivity contribution in [1.82, 2.24) is 0 Å². The van der Waals surface area contributed by atoms with E-state index in [9.17, 15) is 22.8 Å². The Hall–Kier alpha value is -3.47. The second kappa shape index (κ2) is 13.5. The first-order chi connectivity index (χ1) is 21.2. The number of carbonyl (C=O) groups excluding carboxylic acids is 2. The van der Waals surface area contributed by atoms with Gasteiger partial charge in [0.2, 0.25) is 0 Å². The molecule has 6 nitrogen and oxygen atoms in total. The lowest BCUT2D eigenvalue weighted by Crippen LogP contribution is -2.68. The minimum absolute atomic E-state index is 0.112. The van der Waals surface area contributed by atoms with Gasteiger partial charge in [-0.2, -0.15) is 13.2 Å². The van der Waals surface area contributed by atoms with Gasteiger partial charge in [0.15, 0.2) is 0 Å². The first-order valence-corrected chi connectivity index (χ1v) is 17.0. The summed E-state index contributed by atoms with van der Waals surface area (Å²) in [7, 11) is -2.20. The molecule has 1 fully saturated rings. The second-order valence-corrected chi connectivity index (χ2v) is 16.7. The van der Waals surface area contributed by atoms with Crippen LogP contribution in [0.25, 0.3) is 0 Å². The molecule has 0 amide bonds. The molecule has 1 aliphatic rings. The van der Waals surface area contributed by atoms with Crippen LogP contribution in [0.3, 0.4) is 0 Å². The molecule has 0 aromatic heterocycles. The summed E-state index contributed by atoms with van der Waals surface area (Å²) in [5.74, 6) is -3.29. The number of hydrogen-bond donors (Lipinski definition) is 0. The average molecular weight is 643 g/mol. The molecule has 242 valence electrons. The van der Waals surface area contributed by atoms with Crippen molar-refractivity contribution in [3.05, 3.63) is 96.6 Å².